The molecular formula is C33H62NaO13P. The van der Waals surface area contributed by atoms with E-state index in [1.165, 1.54) is 50.5 Å². The number of phosphoric acid groups is 1. The van der Waals surface area contributed by atoms with Gasteiger partial charge in [-0.05, 0) is 30.5 Å². The molecule has 0 atom stereocenters. The molecule has 0 aromatic heterocycles. The number of hydrogen-bond acceptors (Lipinski definition) is 11. The maximum absolute atomic E-state index is 10.5. The normalized spacial score (nSPS) is 11.6. The Morgan fingerprint density at radius 2 is 0.833 bits per heavy atom. The van der Waals surface area contributed by atoms with Crippen molar-refractivity contribution < 1.29 is 92.5 Å². The summed E-state index contributed by atoms with van der Waals surface area (Å²) in [5.41, 5.74) is 1.37. The Morgan fingerprint density at radius 3 is 1.21 bits per heavy atom. The van der Waals surface area contributed by atoms with Crippen molar-refractivity contribution in [1.82, 2.24) is 0 Å². The van der Waals surface area contributed by atoms with Crippen LogP contribution in [0.15, 0.2) is 24.3 Å². The molecule has 278 valence electrons. The molecule has 48 heavy (non-hydrogen) atoms. The topological polar surface area (TPSA) is 150 Å². The standard InChI is InChI=1S/C33H61O13P.Na.H/c1-2-3-4-5-6-7-8-9-32-10-12-33(13-11-32)45-30-28-43-26-24-41-22-20-39-18-16-37-14-15-38-17-19-40-21-23-42-25-27-44-29-31-46-47(34,35)36;;/h10-13H,2-9,14-31H2,1H3,(H2,34,35,36);;/q;+1;-1. The fourth-order valence-corrected chi connectivity index (χ4v) is 4.43. The fraction of sp³-hybridized carbons (Fsp3) is 0.818. The minimum absolute atomic E-state index is 0. The van der Waals surface area contributed by atoms with Crippen molar-refractivity contribution in [3.8, 4) is 5.75 Å². The van der Waals surface area contributed by atoms with Gasteiger partial charge in [-0.3, -0.25) is 4.52 Å². The van der Waals surface area contributed by atoms with Crippen LogP contribution < -0.4 is 34.3 Å². The van der Waals surface area contributed by atoms with Crippen molar-refractivity contribution in [3.63, 3.8) is 0 Å². The van der Waals surface area contributed by atoms with Gasteiger partial charge in [0.25, 0.3) is 0 Å². The van der Waals surface area contributed by atoms with E-state index >= 15 is 0 Å². The molecule has 0 unspecified atom stereocenters. The van der Waals surface area contributed by atoms with E-state index in [1.54, 1.807) is 0 Å². The molecule has 0 heterocycles. The molecule has 2 N–H and O–H groups in total. The van der Waals surface area contributed by atoms with Crippen LogP contribution in [0, 0.1) is 0 Å². The van der Waals surface area contributed by atoms with E-state index in [0.717, 1.165) is 12.2 Å². The van der Waals surface area contributed by atoms with Gasteiger partial charge in [-0.2, -0.15) is 0 Å². The quantitative estimate of drug-likeness (QED) is 0.0584. The van der Waals surface area contributed by atoms with Crippen LogP contribution in [-0.2, 0) is 53.4 Å². The van der Waals surface area contributed by atoms with Gasteiger partial charge < -0.3 is 53.8 Å². The predicted octanol–water partition coefficient (Wildman–Crippen LogP) is 1.72. The van der Waals surface area contributed by atoms with Crippen molar-refractivity contribution in [2.24, 2.45) is 0 Å². The summed E-state index contributed by atoms with van der Waals surface area (Å²) in [7, 11) is -4.43. The number of benzene rings is 1. The summed E-state index contributed by atoms with van der Waals surface area (Å²) in [5.74, 6) is 0.877. The molecule has 0 bridgehead atoms. The van der Waals surface area contributed by atoms with Crippen LogP contribution in [0.1, 0.15) is 58.9 Å². The van der Waals surface area contributed by atoms with Crippen LogP contribution in [0.25, 0.3) is 0 Å². The van der Waals surface area contributed by atoms with Crippen LogP contribution in [0.4, 0.5) is 0 Å². The number of rotatable bonds is 37. The zero-order valence-corrected chi connectivity index (χ0v) is 32.4. The summed E-state index contributed by atoms with van der Waals surface area (Å²) >= 11 is 0. The van der Waals surface area contributed by atoms with Crippen LogP contribution in [0.2, 0.25) is 0 Å². The van der Waals surface area contributed by atoms with Gasteiger partial charge in [-0.15, -0.1) is 0 Å². The zero-order valence-electron chi connectivity index (χ0n) is 30.5. The molecule has 0 saturated heterocycles. The van der Waals surface area contributed by atoms with E-state index in [4.69, 9.17) is 52.4 Å². The second-order valence-electron chi connectivity index (χ2n) is 10.6. The minimum Gasteiger partial charge on any atom is -1.00 e. The molecule has 0 spiro atoms. The average molecular weight is 721 g/mol. The third-order valence-electron chi connectivity index (χ3n) is 6.58. The molecule has 0 aliphatic carbocycles. The second-order valence-corrected chi connectivity index (χ2v) is 11.8. The second kappa shape index (κ2) is 36.6. The number of hydrogen-bond donors (Lipinski definition) is 2. The van der Waals surface area contributed by atoms with Gasteiger partial charge in [0, 0.05) is 0 Å². The summed E-state index contributed by atoms with van der Waals surface area (Å²) in [5, 5.41) is 0. The van der Waals surface area contributed by atoms with E-state index in [9.17, 15) is 4.57 Å². The maximum Gasteiger partial charge on any atom is 1.00 e. The van der Waals surface area contributed by atoms with Gasteiger partial charge in [-0.1, -0.05) is 57.6 Å². The van der Waals surface area contributed by atoms with Crippen molar-refractivity contribution in [2.45, 2.75) is 58.3 Å². The van der Waals surface area contributed by atoms with Gasteiger partial charge in [0.15, 0.2) is 0 Å². The van der Waals surface area contributed by atoms with E-state index in [-0.39, 0.29) is 44.2 Å². The fourth-order valence-electron chi connectivity index (χ4n) is 4.11. The molecule has 0 fully saturated rings. The summed E-state index contributed by atoms with van der Waals surface area (Å²) in [6, 6.07) is 8.41. The van der Waals surface area contributed by atoms with Crippen molar-refractivity contribution in [1.29, 1.82) is 0 Å². The Hall–Kier alpha value is -0.190. The molecule has 0 aliphatic rings. The van der Waals surface area contributed by atoms with Gasteiger partial charge in [-0.25, -0.2) is 4.57 Å². The number of aryl methyl sites for hydroxylation is 1. The van der Waals surface area contributed by atoms with Crippen LogP contribution >= 0.6 is 7.82 Å². The number of unbranched alkanes of at least 4 members (excludes halogenated alkanes) is 6. The largest absolute Gasteiger partial charge is 1.00 e. The van der Waals surface area contributed by atoms with Gasteiger partial charge in [0.05, 0.1) is 112 Å². The molecule has 13 nitrogen and oxygen atoms in total. The molecule has 0 aliphatic heterocycles. The first-order valence-electron chi connectivity index (χ1n) is 17.0. The smallest absolute Gasteiger partial charge is 1.00 e. The SMILES string of the molecule is CCCCCCCCCc1ccc(OCCOCCOCCOCCOCCOCCOCCOCCOCCOP(=O)(O)O)cc1.[H-].[Na+]. The van der Waals surface area contributed by atoms with Crippen molar-refractivity contribution in [3.05, 3.63) is 29.8 Å². The Balaban J connectivity index is 0. The van der Waals surface area contributed by atoms with E-state index in [1.807, 2.05) is 12.1 Å². The molecule has 1 aromatic carbocycles. The molecule has 0 saturated carbocycles. The van der Waals surface area contributed by atoms with Gasteiger partial charge in [0.1, 0.15) is 12.4 Å². The monoisotopic (exact) mass is 720 g/mol. The summed E-state index contributed by atoms with van der Waals surface area (Å²) in [4.78, 5) is 17.0. The first kappa shape index (κ1) is 47.8. The Morgan fingerprint density at radius 1 is 0.500 bits per heavy atom. The first-order valence-corrected chi connectivity index (χ1v) is 18.6. The van der Waals surface area contributed by atoms with Crippen LogP contribution in [0.5, 0.6) is 5.75 Å². The van der Waals surface area contributed by atoms with Crippen molar-refractivity contribution >= 4 is 7.82 Å². The predicted molar refractivity (Wildman–Crippen MR) is 179 cm³/mol. The minimum atomic E-state index is -4.43. The summed E-state index contributed by atoms with van der Waals surface area (Å²) in [6.07, 6.45) is 10.5. The van der Waals surface area contributed by atoms with E-state index in [2.05, 4.69) is 23.6 Å². The van der Waals surface area contributed by atoms with E-state index in [0.29, 0.717) is 106 Å². The maximum atomic E-state index is 10.5. The summed E-state index contributed by atoms with van der Waals surface area (Å²) in [6.45, 7) is 9.58. The van der Waals surface area contributed by atoms with E-state index < -0.39 is 7.82 Å². The molecular weight excluding hydrogens is 658 g/mol. The number of phosphoric ester groups is 1. The van der Waals surface area contributed by atoms with Gasteiger partial charge >= 0.3 is 37.4 Å². The van der Waals surface area contributed by atoms with Gasteiger partial charge in [0.2, 0.25) is 0 Å². The molecule has 1 rings (SSSR count). The Labute approximate surface area is 311 Å². The number of ether oxygens (including phenoxy) is 9. The first-order chi connectivity index (χ1) is 23.0. The van der Waals surface area contributed by atoms with Crippen LogP contribution in [-0.4, -0.2) is 129 Å². The molecule has 15 heteroatoms. The molecule has 0 radical (unpaired) electrons. The van der Waals surface area contributed by atoms with Crippen LogP contribution in [0.3, 0.4) is 0 Å². The zero-order chi connectivity index (χ0) is 33.9. The molecule has 0 amide bonds. The Bertz CT molecular complexity index is 839. The average Bonchev–Trinajstić information content (AvgIpc) is 3.05. The molecule has 1 aromatic rings. The Kier molecular flexibility index (Phi) is 36.5. The third kappa shape index (κ3) is 35.6. The third-order valence-corrected chi connectivity index (χ3v) is 7.10. The van der Waals surface area contributed by atoms with Crippen molar-refractivity contribution in [2.75, 3.05) is 119 Å². The summed E-state index contributed by atoms with van der Waals surface area (Å²) < 4.78 is 63.8.